The zero-order valence-electron chi connectivity index (χ0n) is 11.2. The highest BCUT2D eigenvalue weighted by Crippen LogP contribution is 2.23. The molecule has 1 aromatic heterocycles. The maximum Gasteiger partial charge on any atom is 0.265 e. The number of rotatable bonds is 4. The molecule has 2 amide bonds. The van der Waals surface area contributed by atoms with E-state index in [1.807, 2.05) is 0 Å². The number of piperazine rings is 1. The fraction of sp³-hybridized carbons (Fsp3) is 0.545. The molecule has 9 heteroatoms. The number of thiazole rings is 1. The van der Waals surface area contributed by atoms with E-state index in [1.165, 1.54) is 0 Å². The first-order valence-corrected chi connectivity index (χ1v) is 7.14. The van der Waals surface area contributed by atoms with Gasteiger partial charge in [-0.15, -0.1) is 0 Å². The van der Waals surface area contributed by atoms with E-state index in [0.29, 0.717) is 23.1 Å². The molecular formula is C11H18N6O2S. The molecule has 1 aromatic rings. The van der Waals surface area contributed by atoms with Gasteiger partial charge < -0.3 is 26.6 Å². The Morgan fingerprint density at radius 3 is 2.75 bits per heavy atom. The summed E-state index contributed by atoms with van der Waals surface area (Å²) >= 11 is 1.16. The van der Waals surface area contributed by atoms with Crippen molar-refractivity contribution in [2.24, 2.45) is 0 Å². The number of nitrogens with two attached hydrogens (primary N) is 1. The predicted octanol–water partition coefficient (Wildman–Crippen LogP) is -1.07. The summed E-state index contributed by atoms with van der Waals surface area (Å²) in [5.74, 6) is -0.284. The zero-order valence-corrected chi connectivity index (χ0v) is 12.0. The molecule has 1 aliphatic rings. The minimum atomic E-state index is -0.370. The maximum absolute atomic E-state index is 12.0. The Morgan fingerprint density at radius 1 is 1.45 bits per heavy atom. The lowest BCUT2D eigenvalue weighted by Gasteiger charge is -2.27. The number of hydrogen-bond donors (Lipinski definition) is 4. The van der Waals surface area contributed by atoms with Crippen LogP contribution in [-0.2, 0) is 4.79 Å². The molecular weight excluding hydrogens is 280 g/mol. The predicted molar refractivity (Wildman–Crippen MR) is 77.9 cm³/mol. The van der Waals surface area contributed by atoms with Crippen molar-refractivity contribution in [2.45, 2.75) is 0 Å². The summed E-state index contributed by atoms with van der Waals surface area (Å²) in [4.78, 5) is 29.9. The van der Waals surface area contributed by atoms with Crippen LogP contribution in [0.5, 0.6) is 0 Å². The average molecular weight is 298 g/mol. The van der Waals surface area contributed by atoms with Gasteiger partial charge in [0.1, 0.15) is 10.7 Å². The van der Waals surface area contributed by atoms with Crippen molar-refractivity contribution in [3.63, 3.8) is 0 Å². The zero-order chi connectivity index (χ0) is 14.5. The smallest absolute Gasteiger partial charge is 0.265 e. The molecule has 0 atom stereocenters. The summed E-state index contributed by atoms with van der Waals surface area (Å²) in [6.07, 6.45) is 0. The molecule has 0 radical (unpaired) electrons. The Morgan fingerprint density at radius 2 is 2.15 bits per heavy atom. The fourth-order valence-electron chi connectivity index (χ4n) is 1.86. The van der Waals surface area contributed by atoms with E-state index in [2.05, 4.69) is 20.9 Å². The summed E-state index contributed by atoms with van der Waals surface area (Å²) in [5.41, 5.74) is 5.66. The fourth-order valence-corrected chi connectivity index (χ4v) is 2.62. The van der Waals surface area contributed by atoms with Gasteiger partial charge in [0.25, 0.3) is 5.91 Å². The van der Waals surface area contributed by atoms with Crippen LogP contribution in [0.4, 0.5) is 10.9 Å². The SMILES string of the molecule is CNc1nc(N)c(C(=O)NCC(=O)N2CCNCC2)s1. The van der Waals surface area contributed by atoms with Crippen molar-refractivity contribution < 1.29 is 9.59 Å². The van der Waals surface area contributed by atoms with E-state index in [-0.39, 0.29) is 24.2 Å². The van der Waals surface area contributed by atoms with E-state index in [9.17, 15) is 9.59 Å². The molecule has 5 N–H and O–H groups in total. The van der Waals surface area contributed by atoms with Crippen LogP contribution in [0.2, 0.25) is 0 Å². The molecule has 0 saturated carbocycles. The largest absolute Gasteiger partial charge is 0.382 e. The molecule has 1 aliphatic heterocycles. The Labute approximate surface area is 120 Å². The van der Waals surface area contributed by atoms with Gasteiger partial charge in [-0.3, -0.25) is 9.59 Å². The van der Waals surface area contributed by atoms with Gasteiger partial charge in [0.05, 0.1) is 6.54 Å². The third kappa shape index (κ3) is 3.36. The van der Waals surface area contributed by atoms with Gasteiger partial charge in [-0.05, 0) is 0 Å². The van der Waals surface area contributed by atoms with Crippen LogP contribution in [0, 0.1) is 0 Å². The highest BCUT2D eigenvalue weighted by Gasteiger charge is 2.19. The number of carbonyl (C=O) groups excluding carboxylic acids is 2. The van der Waals surface area contributed by atoms with Crippen molar-refractivity contribution in [3.05, 3.63) is 4.88 Å². The van der Waals surface area contributed by atoms with E-state index in [4.69, 9.17) is 5.73 Å². The van der Waals surface area contributed by atoms with Gasteiger partial charge in [-0.25, -0.2) is 4.98 Å². The van der Waals surface area contributed by atoms with Gasteiger partial charge in [-0.2, -0.15) is 0 Å². The summed E-state index contributed by atoms with van der Waals surface area (Å²) in [5, 5.41) is 9.15. The molecule has 0 bridgehead atoms. The minimum absolute atomic E-state index is 0.0228. The Hall–Kier alpha value is -1.87. The van der Waals surface area contributed by atoms with Crippen LogP contribution < -0.4 is 21.7 Å². The summed E-state index contributed by atoms with van der Waals surface area (Å²) < 4.78 is 0. The molecule has 0 spiro atoms. The highest BCUT2D eigenvalue weighted by molar-refractivity contribution is 7.18. The number of nitrogen functional groups attached to an aromatic ring is 1. The lowest BCUT2D eigenvalue weighted by molar-refractivity contribution is -0.130. The van der Waals surface area contributed by atoms with E-state index in [1.54, 1.807) is 11.9 Å². The van der Waals surface area contributed by atoms with Crippen LogP contribution in [0.25, 0.3) is 0 Å². The third-order valence-electron chi connectivity index (χ3n) is 2.94. The number of anilines is 2. The van der Waals surface area contributed by atoms with Crippen molar-refractivity contribution in [3.8, 4) is 0 Å². The second-order valence-electron chi connectivity index (χ2n) is 4.30. The van der Waals surface area contributed by atoms with Crippen LogP contribution in [0.3, 0.4) is 0 Å². The normalized spacial score (nSPS) is 14.9. The quantitative estimate of drug-likeness (QED) is 0.563. The molecule has 0 unspecified atom stereocenters. The highest BCUT2D eigenvalue weighted by atomic mass is 32.1. The number of nitrogens with one attached hydrogen (secondary N) is 3. The summed E-state index contributed by atoms with van der Waals surface area (Å²) in [7, 11) is 1.70. The lowest BCUT2D eigenvalue weighted by Crippen LogP contribution is -2.49. The van der Waals surface area contributed by atoms with E-state index < -0.39 is 0 Å². The summed E-state index contributed by atoms with van der Waals surface area (Å²) in [6, 6.07) is 0. The van der Waals surface area contributed by atoms with Crippen LogP contribution >= 0.6 is 11.3 Å². The standard InChI is InChI=1S/C11H18N6O2S/c1-13-11-16-9(12)8(20-11)10(19)15-6-7(18)17-4-2-14-3-5-17/h14H,2-6,12H2,1H3,(H,13,16)(H,15,19). The molecule has 20 heavy (non-hydrogen) atoms. The first kappa shape index (κ1) is 14.5. The minimum Gasteiger partial charge on any atom is -0.382 e. The van der Waals surface area contributed by atoms with Crippen LogP contribution in [0.1, 0.15) is 9.67 Å². The molecule has 2 rings (SSSR count). The number of aromatic nitrogens is 1. The van der Waals surface area contributed by atoms with Crippen molar-refractivity contribution in [1.82, 2.24) is 20.5 Å². The van der Waals surface area contributed by atoms with Crippen LogP contribution in [-0.4, -0.2) is 61.5 Å². The maximum atomic E-state index is 12.0. The third-order valence-corrected chi connectivity index (χ3v) is 4.03. The topological polar surface area (TPSA) is 112 Å². The molecule has 2 heterocycles. The van der Waals surface area contributed by atoms with Gasteiger partial charge in [0.2, 0.25) is 5.91 Å². The molecule has 1 saturated heterocycles. The van der Waals surface area contributed by atoms with Crippen molar-refractivity contribution in [2.75, 3.05) is 50.8 Å². The Bertz CT molecular complexity index is 497. The van der Waals surface area contributed by atoms with Gasteiger partial charge >= 0.3 is 0 Å². The van der Waals surface area contributed by atoms with Crippen molar-refractivity contribution >= 4 is 34.1 Å². The van der Waals surface area contributed by atoms with Gasteiger partial charge in [-0.1, -0.05) is 11.3 Å². The second-order valence-corrected chi connectivity index (χ2v) is 5.30. The average Bonchev–Trinajstić information content (AvgIpc) is 2.86. The molecule has 1 fully saturated rings. The molecule has 110 valence electrons. The molecule has 0 aromatic carbocycles. The van der Waals surface area contributed by atoms with E-state index >= 15 is 0 Å². The van der Waals surface area contributed by atoms with Gasteiger partial charge in [0.15, 0.2) is 5.13 Å². The Balaban J connectivity index is 1.87. The van der Waals surface area contributed by atoms with Crippen molar-refractivity contribution in [1.29, 1.82) is 0 Å². The van der Waals surface area contributed by atoms with E-state index in [0.717, 1.165) is 24.4 Å². The summed E-state index contributed by atoms with van der Waals surface area (Å²) in [6.45, 7) is 2.88. The molecule has 0 aliphatic carbocycles. The number of hydrogen-bond acceptors (Lipinski definition) is 7. The van der Waals surface area contributed by atoms with Gasteiger partial charge in [0, 0.05) is 33.2 Å². The number of carbonyl (C=O) groups is 2. The lowest BCUT2D eigenvalue weighted by atomic mass is 10.3. The monoisotopic (exact) mass is 298 g/mol. The number of amides is 2. The first-order valence-electron chi connectivity index (χ1n) is 6.32. The second kappa shape index (κ2) is 6.53. The molecule has 8 nitrogen and oxygen atoms in total. The number of nitrogens with zero attached hydrogens (tertiary/aromatic N) is 2. The first-order chi connectivity index (χ1) is 9.61. The Kier molecular flexibility index (Phi) is 4.74. The van der Waals surface area contributed by atoms with Crippen LogP contribution in [0.15, 0.2) is 0 Å².